The van der Waals surface area contributed by atoms with Gasteiger partial charge in [0.2, 0.25) is 0 Å². The van der Waals surface area contributed by atoms with E-state index in [0.29, 0.717) is 0 Å². The van der Waals surface area contributed by atoms with Crippen LogP contribution in [0.1, 0.15) is 32.8 Å². The molecule has 96 valence electrons. The van der Waals surface area contributed by atoms with Gasteiger partial charge in [0, 0.05) is 18.3 Å². The number of hydrogen-bond acceptors (Lipinski definition) is 3. The molecule has 2 N–H and O–H groups in total. The lowest BCUT2D eigenvalue weighted by Gasteiger charge is -2.22. The van der Waals surface area contributed by atoms with Gasteiger partial charge in [0.1, 0.15) is 11.5 Å². The Balaban J connectivity index is 2.42. The summed E-state index contributed by atoms with van der Waals surface area (Å²) in [6, 6.07) is 0. The largest absolute Gasteiger partial charge is 0.371 e. The van der Waals surface area contributed by atoms with E-state index in [1.54, 1.807) is 0 Å². The summed E-state index contributed by atoms with van der Waals surface area (Å²) in [6.07, 6.45) is 4.23. The number of aryl methyl sites for hydroxylation is 1. The number of anilines is 1. The van der Waals surface area contributed by atoms with Gasteiger partial charge in [0.05, 0.1) is 5.39 Å². The second-order valence-corrected chi connectivity index (χ2v) is 5.84. The van der Waals surface area contributed by atoms with E-state index in [0.717, 1.165) is 36.2 Å². The van der Waals surface area contributed by atoms with Crippen LogP contribution in [-0.4, -0.2) is 21.1 Å². The molecular weight excluding hydrogens is 228 g/mol. The highest BCUT2D eigenvalue weighted by molar-refractivity contribution is 5.91. The topological polar surface area (TPSA) is 62.7 Å². The van der Waals surface area contributed by atoms with Crippen molar-refractivity contribution in [3.63, 3.8) is 0 Å². The fraction of sp³-hybridized carbons (Fsp3) is 0.538. The van der Waals surface area contributed by atoms with E-state index in [9.17, 15) is 4.79 Å². The van der Waals surface area contributed by atoms with Gasteiger partial charge in [-0.2, -0.15) is 4.98 Å². The Labute approximate surface area is 105 Å². The zero-order valence-corrected chi connectivity index (χ0v) is 11.0. The number of nitrogens with one attached hydrogen (secondary N) is 2. The molecule has 0 atom stereocenters. The molecule has 5 nitrogen and oxygen atoms in total. The molecule has 0 aliphatic carbocycles. The highest BCUT2D eigenvalue weighted by atomic mass is 16.1. The zero-order valence-electron chi connectivity index (χ0n) is 11.0. The van der Waals surface area contributed by atoms with Crippen LogP contribution in [-0.2, 0) is 12.0 Å². The third-order valence-corrected chi connectivity index (χ3v) is 3.39. The van der Waals surface area contributed by atoms with Crippen LogP contribution in [0.3, 0.4) is 0 Å². The molecule has 3 rings (SSSR count). The van der Waals surface area contributed by atoms with Gasteiger partial charge in [0.25, 0.3) is 0 Å². The van der Waals surface area contributed by atoms with E-state index in [1.807, 2.05) is 0 Å². The van der Waals surface area contributed by atoms with Gasteiger partial charge < -0.3 is 9.88 Å². The van der Waals surface area contributed by atoms with Crippen molar-refractivity contribution in [3.8, 4) is 0 Å². The Morgan fingerprint density at radius 2 is 2.17 bits per heavy atom. The van der Waals surface area contributed by atoms with E-state index in [1.165, 1.54) is 5.56 Å². The summed E-state index contributed by atoms with van der Waals surface area (Å²) in [6.45, 7) is 7.26. The summed E-state index contributed by atoms with van der Waals surface area (Å²) in [4.78, 5) is 18.6. The molecule has 0 aromatic carbocycles. The van der Waals surface area contributed by atoms with Crippen LogP contribution in [0.15, 0.2) is 11.0 Å². The molecule has 18 heavy (non-hydrogen) atoms. The van der Waals surface area contributed by atoms with Gasteiger partial charge in [-0.25, -0.2) is 4.79 Å². The minimum Gasteiger partial charge on any atom is -0.371 e. The first kappa shape index (κ1) is 11.3. The van der Waals surface area contributed by atoms with Crippen molar-refractivity contribution in [1.29, 1.82) is 0 Å². The predicted molar refractivity (Wildman–Crippen MR) is 72.2 cm³/mol. The lowest BCUT2D eigenvalue weighted by molar-refractivity contribution is 0.407. The van der Waals surface area contributed by atoms with Crippen molar-refractivity contribution in [2.24, 2.45) is 0 Å². The monoisotopic (exact) mass is 246 g/mol. The fourth-order valence-electron chi connectivity index (χ4n) is 2.55. The highest BCUT2D eigenvalue weighted by Crippen LogP contribution is 2.31. The number of rotatable bonds is 0. The Kier molecular flexibility index (Phi) is 2.27. The van der Waals surface area contributed by atoms with E-state index >= 15 is 0 Å². The predicted octanol–water partition coefficient (Wildman–Crippen LogP) is 1.84. The quantitative estimate of drug-likeness (QED) is 0.745. The van der Waals surface area contributed by atoms with Crippen molar-refractivity contribution in [1.82, 2.24) is 14.5 Å². The first-order valence-electron chi connectivity index (χ1n) is 6.35. The van der Waals surface area contributed by atoms with Crippen molar-refractivity contribution in [2.45, 2.75) is 39.2 Å². The van der Waals surface area contributed by atoms with E-state index in [2.05, 4.69) is 46.8 Å². The van der Waals surface area contributed by atoms with Crippen LogP contribution in [0.2, 0.25) is 0 Å². The first-order chi connectivity index (χ1) is 8.47. The Morgan fingerprint density at radius 3 is 2.89 bits per heavy atom. The van der Waals surface area contributed by atoms with Crippen LogP contribution >= 0.6 is 0 Å². The maximum absolute atomic E-state index is 11.7. The minimum atomic E-state index is -0.290. The normalized spacial score (nSPS) is 15.5. The van der Waals surface area contributed by atoms with Gasteiger partial charge >= 0.3 is 5.69 Å². The third-order valence-electron chi connectivity index (χ3n) is 3.39. The second kappa shape index (κ2) is 3.60. The lowest BCUT2D eigenvalue weighted by Crippen LogP contribution is -2.23. The van der Waals surface area contributed by atoms with Gasteiger partial charge in [-0.05, 0) is 39.2 Å². The molecule has 5 heteroatoms. The van der Waals surface area contributed by atoms with Gasteiger partial charge in [-0.3, -0.25) is 4.98 Å². The van der Waals surface area contributed by atoms with Crippen molar-refractivity contribution < 1.29 is 0 Å². The molecule has 0 spiro atoms. The number of H-pyrrole nitrogens is 1. The van der Waals surface area contributed by atoms with Gasteiger partial charge in [-0.1, -0.05) is 0 Å². The molecule has 0 saturated carbocycles. The maximum atomic E-state index is 11.7. The van der Waals surface area contributed by atoms with Gasteiger partial charge in [-0.15, -0.1) is 0 Å². The van der Waals surface area contributed by atoms with E-state index < -0.39 is 0 Å². The number of nitrogens with zero attached hydrogens (tertiary/aromatic N) is 2. The molecule has 0 saturated heterocycles. The average Bonchev–Trinajstić information content (AvgIpc) is 2.49. The highest BCUT2D eigenvalue weighted by Gasteiger charge is 2.23. The van der Waals surface area contributed by atoms with Crippen LogP contribution < -0.4 is 11.0 Å². The smallest absolute Gasteiger partial charge is 0.348 e. The Hall–Kier alpha value is -1.78. The molecule has 0 unspecified atom stereocenters. The van der Waals surface area contributed by atoms with Crippen molar-refractivity contribution >= 4 is 16.9 Å². The van der Waals surface area contributed by atoms with Crippen LogP contribution in [0.25, 0.3) is 11.0 Å². The van der Waals surface area contributed by atoms with E-state index in [4.69, 9.17) is 0 Å². The summed E-state index contributed by atoms with van der Waals surface area (Å²) < 4.78 is 2.10. The molecule has 0 bridgehead atoms. The van der Waals surface area contributed by atoms with Crippen molar-refractivity contribution in [3.05, 3.63) is 22.2 Å². The number of aromatic nitrogens is 3. The molecule has 0 radical (unpaired) electrons. The molecule has 0 amide bonds. The zero-order chi connectivity index (χ0) is 12.9. The van der Waals surface area contributed by atoms with Crippen molar-refractivity contribution in [2.75, 3.05) is 11.9 Å². The molecule has 2 aromatic rings. The van der Waals surface area contributed by atoms with Crippen LogP contribution in [0.5, 0.6) is 0 Å². The summed E-state index contributed by atoms with van der Waals surface area (Å²) in [5, 5.41) is 4.36. The summed E-state index contributed by atoms with van der Waals surface area (Å²) in [5.74, 6) is 0.820. The summed E-state index contributed by atoms with van der Waals surface area (Å²) >= 11 is 0. The van der Waals surface area contributed by atoms with Crippen LogP contribution in [0.4, 0.5) is 5.82 Å². The minimum absolute atomic E-state index is 0.0756. The molecular formula is C13H18N4O. The molecule has 2 aromatic heterocycles. The van der Waals surface area contributed by atoms with Crippen LogP contribution in [0, 0.1) is 0 Å². The standard InChI is InChI=1S/C13H18N4O/c1-13(2,3)17-7-8-5-4-6-14-10-9(8)11(17)16-12(18)15-10/h7H,4-6H2,1-3H3,(H2,14,15,16,18). The second-order valence-electron chi connectivity index (χ2n) is 5.84. The summed E-state index contributed by atoms with van der Waals surface area (Å²) in [5.41, 5.74) is 1.68. The average molecular weight is 246 g/mol. The summed E-state index contributed by atoms with van der Waals surface area (Å²) in [7, 11) is 0. The molecule has 1 aliphatic rings. The third kappa shape index (κ3) is 1.62. The molecule has 3 heterocycles. The Bertz CT molecular complexity index is 660. The Morgan fingerprint density at radius 1 is 1.39 bits per heavy atom. The molecule has 1 aliphatic heterocycles. The SMILES string of the molecule is CC(C)(C)n1cc2c3c([nH]c(=O)nc31)NCCC2. The van der Waals surface area contributed by atoms with E-state index in [-0.39, 0.29) is 11.2 Å². The fourth-order valence-corrected chi connectivity index (χ4v) is 2.55. The number of aromatic amines is 1. The lowest BCUT2D eigenvalue weighted by atomic mass is 10.1. The maximum Gasteiger partial charge on any atom is 0.348 e. The van der Waals surface area contributed by atoms with Gasteiger partial charge in [0.15, 0.2) is 0 Å². The molecule has 0 fully saturated rings. The number of hydrogen-bond donors (Lipinski definition) is 2. The first-order valence-corrected chi connectivity index (χ1v) is 6.35.